The molecular formula is C11H13IO3. The number of halogens is 1. The monoisotopic (exact) mass is 320 g/mol. The molecule has 1 aromatic carbocycles. The van der Waals surface area contributed by atoms with Crippen molar-refractivity contribution in [2.45, 2.75) is 18.8 Å². The lowest BCUT2D eigenvalue weighted by molar-refractivity contribution is -0.467. The number of benzene rings is 1. The summed E-state index contributed by atoms with van der Waals surface area (Å²) in [5.41, 5.74) is 0.652. The van der Waals surface area contributed by atoms with Crippen LogP contribution in [0.3, 0.4) is 0 Å². The molecular weight excluding hydrogens is 307 g/mol. The summed E-state index contributed by atoms with van der Waals surface area (Å²) in [4.78, 5) is 10.6. The topological polar surface area (TPSA) is 27.7 Å². The van der Waals surface area contributed by atoms with Crippen molar-refractivity contribution in [2.75, 3.05) is 11.0 Å². The Morgan fingerprint density at radius 2 is 2.13 bits per heavy atom. The van der Waals surface area contributed by atoms with Gasteiger partial charge in [0.25, 0.3) is 0 Å². The Morgan fingerprint density at radius 1 is 1.40 bits per heavy atom. The maximum atomic E-state index is 5.62. The molecule has 0 spiro atoms. The van der Waals surface area contributed by atoms with E-state index in [9.17, 15) is 0 Å². The number of rotatable bonds is 2. The highest BCUT2D eigenvalue weighted by Crippen LogP contribution is 2.29. The van der Waals surface area contributed by atoms with Crippen LogP contribution in [0.4, 0.5) is 0 Å². The van der Waals surface area contributed by atoms with Crippen LogP contribution in [-0.2, 0) is 14.5 Å². The van der Waals surface area contributed by atoms with Crippen molar-refractivity contribution in [1.29, 1.82) is 0 Å². The number of hydrogen-bond donors (Lipinski definition) is 0. The van der Waals surface area contributed by atoms with Gasteiger partial charge in [0.05, 0.1) is 6.61 Å². The zero-order chi connectivity index (χ0) is 10.7. The summed E-state index contributed by atoms with van der Waals surface area (Å²) in [6.07, 6.45) is -0.401. The maximum absolute atomic E-state index is 5.62. The average molecular weight is 320 g/mol. The maximum Gasteiger partial charge on any atom is 0.217 e. The quantitative estimate of drug-likeness (QED) is 0.476. The van der Waals surface area contributed by atoms with Gasteiger partial charge in [0.15, 0.2) is 0 Å². The lowest BCUT2D eigenvalue weighted by atomic mass is 10.1. The number of ether oxygens (including phenoxy) is 1. The standard InChI is InChI=1S/C11H13IO3/c1-11(7-12)8-13-10(14-15-11)9-5-3-2-4-6-9/h2-6,10H,7-8H2,1H3/t10-,11+/m1/s1. The highest BCUT2D eigenvalue weighted by atomic mass is 127. The molecule has 1 aromatic rings. The van der Waals surface area contributed by atoms with Crippen LogP contribution in [0.5, 0.6) is 0 Å². The molecule has 1 fully saturated rings. The Kier molecular flexibility index (Phi) is 3.60. The fourth-order valence-electron chi connectivity index (χ4n) is 1.29. The summed E-state index contributed by atoms with van der Waals surface area (Å²) in [5.74, 6) is 0. The minimum absolute atomic E-state index is 0.328. The first kappa shape index (κ1) is 11.3. The molecule has 0 aromatic heterocycles. The second-order valence-corrected chi connectivity index (χ2v) is 4.58. The van der Waals surface area contributed by atoms with Gasteiger partial charge in [-0.2, -0.15) is 4.89 Å². The molecule has 1 aliphatic heterocycles. The van der Waals surface area contributed by atoms with Crippen molar-refractivity contribution in [3.63, 3.8) is 0 Å². The second kappa shape index (κ2) is 4.78. The normalized spacial score (nSPS) is 31.5. The zero-order valence-corrected chi connectivity index (χ0v) is 10.6. The van der Waals surface area contributed by atoms with Gasteiger partial charge in [0.1, 0.15) is 5.60 Å². The van der Waals surface area contributed by atoms with Gasteiger partial charge >= 0.3 is 0 Å². The third-order valence-electron chi connectivity index (χ3n) is 2.23. The van der Waals surface area contributed by atoms with Crippen LogP contribution in [0.25, 0.3) is 0 Å². The third kappa shape index (κ3) is 2.69. The van der Waals surface area contributed by atoms with Crippen LogP contribution in [0.15, 0.2) is 30.3 Å². The second-order valence-electron chi connectivity index (χ2n) is 3.82. The smallest absolute Gasteiger partial charge is 0.217 e. The summed E-state index contributed by atoms with van der Waals surface area (Å²) >= 11 is 2.26. The molecule has 1 heterocycles. The van der Waals surface area contributed by atoms with Crippen LogP contribution < -0.4 is 0 Å². The Balaban J connectivity index is 2.00. The van der Waals surface area contributed by atoms with Crippen LogP contribution in [0.1, 0.15) is 18.8 Å². The fraction of sp³-hybridized carbons (Fsp3) is 0.455. The lowest BCUT2D eigenvalue weighted by Crippen LogP contribution is -2.41. The average Bonchev–Trinajstić information content (AvgIpc) is 2.31. The molecule has 4 heteroatoms. The van der Waals surface area contributed by atoms with Gasteiger partial charge in [-0.25, -0.2) is 4.89 Å². The van der Waals surface area contributed by atoms with Gasteiger partial charge in [-0.3, -0.25) is 0 Å². The van der Waals surface area contributed by atoms with E-state index in [4.69, 9.17) is 14.5 Å². The van der Waals surface area contributed by atoms with Gasteiger partial charge in [-0.1, -0.05) is 52.9 Å². The van der Waals surface area contributed by atoms with E-state index < -0.39 is 6.29 Å². The minimum Gasteiger partial charge on any atom is -0.343 e. The van der Waals surface area contributed by atoms with Crippen LogP contribution in [0, 0.1) is 0 Å². The van der Waals surface area contributed by atoms with E-state index in [0.717, 1.165) is 9.99 Å². The SMILES string of the molecule is C[C@]1(CI)CO[C@@H](c2ccccc2)OO1. The number of alkyl halides is 1. The molecule has 3 nitrogen and oxygen atoms in total. The summed E-state index contributed by atoms with van der Waals surface area (Å²) in [6, 6.07) is 9.78. The summed E-state index contributed by atoms with van der Waals surface area (Å²) in [5, 5.41) is 0. The van der Waals surface area contributed by atoms with E-state index in [2.05, 4.69) is 22.6 Å². The molecule has 82 valence electrons. The summed E-state index contributed by atoms with van der Waals surface area (Å²) < 4.78 is 6.46. The third-order valence-corrected chi connectivity index (χ3v) is 3.84. The van der Waals surface area contributed by atoms with Crippen molar-refractivity contribution in [3.05, 3.63) is 35.9 Å². The minimum atomic E-state index is -0.401. The van der Waals surface area contributed by atoms with Crippen LogP contribution in [-0.4, -0.2) is 16.6 Å². The Morgan fingerprint density at radius 3 is 2.67 bits per heavy atom. The Hall–Kier alpha value is -0.170. The van der Waals surface area contributed by atoms with Gasteiger partial charge in [0.2, 0.25) is 6.29 Å². The highest BCUT2D eigenvalue weighted by molar-refractivity contribution is 14.1. The first-order valence-corrected chi connectivity index (χ1v) is 6.33. The van der Waals surface area contributed by atoms with Crippen molar-refractivity contribution in [1.82, 2.24) is 0 Å². The molecule has 1 aliphatic rings. The predicted molar refractivity (Wildman–Crippen MR) is 64.6 cm³/mol. The number of hydrogen-bond acceptors (Lipinski definition) is 3. The molecule has 1 saturated heterocycles. The molecule has 0 N–H and O–H groups in total. The molecule has 0 unspecified atom stereocenters. The first-order valence-electron chi connectivity index (χ1n) is 4.80. The Bertz CT molecular complexity index is 307. The largest absolute Gasteiger partial charge is 0.343 e. The molecule has 0 bridgehead atoms. The van der Waals surface area contributed by atoms with E-state index in [0.29, 0.717) is 6.61 Å². The summed E-state index contributed by atoms with van der Waals surface area (Å²) in [6.45, 7) is 2.52. The van der Waals surface area contributed by atoms with Crippen molar-refractivity contribution in [2.24, 2.45) is 0 Å². The van der Waals surface area contributed by atoms with E-state index >= 15 is 0 Å². The van der Waals surface area contributed by atoms with Gasteiger partial charge in [-0.15, -0.1) is 0 Å². The van der Waals surface area contributed by atoms with Crippen LogP contribution in [0.2, 0.25) is 0 Å². The first-order chi connectivity index (χ1) is 7.23. The van der Waals surface area contributed by atoms with Crippen molar-refractivity contribution in [3.8, 4) is 0 Å². The van der Waals surface area contributed by atoms with E-state index in [1.54, 1.807) is 0 Å². The van der Waals surface area contributed by atoms with Gasteiger partial charge < -0.3 is 4.74 Å². The van der Waals surface area contributed by atoms with Gasteiger partial charge in [-0.05, 0) is 6.92 Å². The van der Waals surface area contributed by atoms with E-state index in [-0.39, 0.29) is 5.60 Å². The lowest BCUT2D eigenvalue weighted by Gasteiger charge is -2.34. The van der Waals surface area contributed by atoms with E-state index in [1.807, 2.05) is 37.3 Å². The Labute approximate surface area is 103 Å². The van der Waals surface area contributed by atoms with Crippen molar-refractivity contribution >= 4 is 22.6 Å². The summed E-state index contributed by atoms with van der Waals surface area (Å²) in [7, 11) is 0. The highest BCUT2D eigenvalue weighted by Gasteiger charge is 2.34. The van der Waals surface area contributed by atoms with Gasteiger partial charge in [0, 0.05) is 9.99 Å². The van der Waals surface area contributed by atoms with Crippen LogP contribution >= 0.6 is 22.6 Å². The fourth-order valence-corrected chi connectivity index (χ4v) is 1.63. The molecule has 2 atom stereocenters. The molecule has 15 heavy (non-hydrogen) atoms. The molecule has 0 aliphatic carbocycles. The zero-order valence-electron chi connectivity index (χ0n) is 8.48. The molecule has 0 amide bonds. The van der Waals surface area contributed by atoms with E-state index in [1.165, 1.54) is 0 Å². The molecule has 0 radical (unpaired) electrons. The predicted octanol–water partition coefficient (Wildman–Crippen LogP) is 2.86. The van der Waals surface area contributed by atoms with Crippen molar-refractivity contribution < 1.29 is 14.5 Å². The molecule has 0 saturated carbocycles. The molecule has 2 rings (SSSR count).